The van der Waals surface area contributed by atoms with Gasteiger partial charge in [0.05, 0.1) is 28.0 Å². The summed E-state index contributed by atoms with van der Waals surface area (Å²) in [6, 6.07) is 3.27. The number of aliphatic hydroxyl groups is 1. The lowest BCUT2D eigenvalue weighted by Gasteiger charge is -2.29. The first-order valence-electron chi connectivity index (χ1n) is 12.7. The molecule has 2 saturated carbocycles. The van der Waals surface area contributed by atoms with Crippen LogP contribution in [0.1, 0.15) is 57.4 Å². The first-order valence-corrected chi connectivity index (χ1v) is 13.8. The Balaban J connectivity index is 1.48. The topological polar surface area (TPSA) is 131 Å². The van der Waals surface area contributed by atoms with E-state index >= 15 is 0 Å². The molecular formula is C25H30Cl3N7O2. The molecule has 2 aliphatic rings. The molecule has 12 heteroatoms. The van der Waals surface area contributed by atoms with E-state index in [4.69, 9.17) is 50.5 Å². The number of carbonyl (C=O) groups excluding carboxylic acids is 1. The number of nitrogens with zero attached hydrogens (tertiary/aromatic N) is 4. The molecule has 2 aromatic heterocycles. The number of aromatic nitrogens is 4. The Morgan fingerprint density at radius 3 is 2.43 bits per heavy atom. The smallest absolute Gasteiger partial charge is 0.224 e. The Bertz CT molecular complexity index is 1270. The van der Waals surface area contributed by atoms with Crippen LogP contribution in [-0.4, -0.2) is 43.2 Å². The maximum Gasteiger partial charge on any atom is 0.224 e. The molecule has 0 bridgehead atoms. The van der Waals surface area contributed by atoms with Gasteiger partial charge in [0.2, 0.25) is 17.8 Å². The largest absolute Gasteiger partial charge is 0.393 e. The lowest BCUT2D eigenvalue weighted by atomic mass is 9.85. The van der Waals surface area contributed by atoms with Gasteiger partial charge < -0.3 is 21.5 Å². The monoisotopic (exact) mass is 565 g/mol. The molecule has 1 aromatic carbocycles. The van der Waals surface area contributed by atoms with Crippen LogP contribution < -0.4 is 16.4 Å². The maximum absolute atomic E-state index is 11.7. The number of primary amides is 1. The van der Waals surface area contributed by atoms with Crippen molar-refractivity contribution in [3.63, 3.8) is 0 Å². The van der Waals surface area contributed by atoms with Gasteiger partial charge in [-0.25, -0.2) is 9.97 Å². The fraction of sp³-hybridized carbons (Fsp3) is 0.520. The van der Waals surface area contributed by atoms with E-state index in [9.17, 15) is 9.90 Å². The maximum atomic E-state index is 11.7. The number of hydrogen-bond donors (Lipinski definition) is 4. The van der Waals surface area contributed by atoms with Crippen LogP contribution in [0, 0.1) is 11.8 Å². The second-order valence-corrected chi connectivity index (χ2v) is 11.2. The quantitative estimate of drug-likeness (QED) is 0.288. The number of aliphatic hydroxyl groups excluding tert-OH is 1. The third kappa shape index (κ3) is 5.74. The number of amides is 1. The van der Waals surface area contributed by atoms with Crippen LogP contribution in [0.2, 0.25) is 15.1 Å². The van der Waals surface area contributed by atoms with E-state index in [1.165, 1.54) is 0 Å². The molecular weight excluding hydrogens is 537 g/mol. The normalized spacial score (nSPS) is 24.2. The Morgan fingerprint density at radius 1 is 1.05 bits per heavy atom. The molecule has 0 saturated heterocycles. The standard InChI is InChI=1S/C25H30Cl3N7O2/c26-15-9-17(27)21(18(28)10-15)33-25-32-19-12-31-24(30-11-14-3-1-2-4-20(14)36)34-23(19)35(25)16-7-5-13(6-8-16)22(29)37/h9-10,12-14,16,20,36H,1-8,11H2,(H2,29,37)(H,32,33)(H,30,31,34)/t13?,14-,16?,20-/m0/s1. The fourth-order valence-electron chi connectivity index (χ4n) is 5.45. The SMILES string of the molecule is NC(=O)C1CCC(n2c(Nc3c(Cl)cc(Cl)cc3Cl)nc3cnc(NC[C@@H]4CCCC[C@@H]4O)nc32)CC1. The van der Waals surface area contributed by atoms with Gasteiger partial charge in [0.15, 0.2) is 5.65 Å². The highest BCUT2D eigenvalue weighted by atomic mass is 35.5. The van der Waals surface area contributed by atoms with E-state index in [2.05, 4.69) is 15.6 Å². The van der Waals surface area contributed by atoms with Gasteiger partial charge in [-0.3, -0.25) is 9.36 Å². The zero-order valence-corrected chi connectivity index (χ0v) is 22.5. The predicted molar refractivity (Wildman–Crippen MR) is 147 cm³/mol. The highest BCUT2D eigenvalue weighted by molar-refractivity contribution is 6.41. The number of fused-ring (bicyclic) bond motifs is 1. The van der Waals surface area contributed by atoms with Gasteiger partial charge in [-0.15, -0.1) is 0 Å². The summed E-state index contributed by atoms with van der Waals surface area (Å²) >= 11 is 19.0. The number of halogens is 3. The highest BCUT2D eigenvalue weighted by Gasteiger charge is 2.30. The van der Waals surface area contributed by atoms with Gasteiger partial charge in [0, 0.05) is 29.4 Å². The molecule has 5 rings (SSSR count). The lowest BCUT2D eigenvalue weighted by molar-refractivity contribution is -0.122. The zero-order valence-electron chi connectivity index (χ0n) is 20.3. The first-order chi connectivity index (χ1) is 17.8. The number of anilines is 3. The van der Waals surface area contributed by atoms with E-state index in [0.29, 0.717) is 63.2 Å². The molecule has 0 unspecified atom stereocenters. The van der Waals surface area contributed by atoms with Gasteiger partial charge in [0.25, 0.3) is 0 Å². The van der Waals surface area contributed by atoms with Crippen molar-refractivity contribution in [2.75, 3.05) is 17.2 Å². The Labute approximate surface area is 230 Å². The van der Waals surface area contributed by atoms with Gasteiger partial charge in [0.1, 0.15) is 5.52 Å². The number of nitrogens with one attached hydrogen (secondary N) is 2. The molecule has 3 aromatic rings. The van der Waals surface area contributed by atoms with E-state index < -0.39 is 0 Å². The lowest BCUT2D eigenvalue weighted by Crippen LogP contribution is -2.30. The summed E-state index contributed by atoms with van der Waals surface area (Å²) < 4.78 is 2.04. The van der Waals surface area contributed by atoms with Crippen molar-refractivity contribution < 1.29 is 9.90 Å². The van der Waals surface area contributed by atoms with Crippen LogP contribution >= 0.6 is 34.8 Å². The number of rotatable bonds is 7. The summed E-state index contributed by atoms with van der Waals surface area (Å²) in [7, 11) is 0. The van der Waals surface area contributed by atoms with E-state index in [1.807, 2.05) is 4.57 Å². The van der Waals surface area contributed by atoms with Crippen LogP contribution in [0.4, 0.5) is 17.6 Å². The van der Waals surface area contributed by atoms with Crippen molar-refractivity contribution >= 4 is 69.5 Å². The second kappa shape index (κ2) is 11.2. The third-order valence-electron chi connectivity index (χ3n) is 7.53. The summed E-state index contributed by atoms with van der Waals surface area (Å²) in [4.78, 5) is 25.8. The Hall–Kier alpha value is -2.33. The molecule has 5 N–H and O–H groups in total. The van der Waals surface area contributed by atoms with E-state index in [-0.39, 0.29) is 29.9 Å². The summed E-state index contributed by atoms with van der Waals surface area (Å²) in [6.07, 6.45) is 8.25. The molecule has 0 aliphatic heterocycles. The number of hydrogen-bond acceptors (Lipinski definition) is 7. The van der Waals surface area contributed by atoms with Gasteiger partial charge in [-0.1, -0.05) is 47.6 Å². The van der Waals surface area contributed by atoms with Gasteiger partial charge >= 0.3 is 0 Å². The number of benzene rings is 1. The van der Waals surface area contributed by atoms with Crippen LogP contribution in [0.15, 0.2) is 18.3 Å². The molecule has 2 fully saturated rings. The highest BCUT2D eigenvalue weighted by Crippen LogP contribution is 2.40. The third-order valence-corrected chi connectivity index (χ3v) is 8.35. The minimum absolute atomic E-state index is 0.0378. The van der Waals surface area contributed by atoms with Crippen LogP contribution in [0.5, 0.6) is 0 Å². The second-order valence-electron chi connectivity index (χ2n) is 9.98. The molecule has 198 valence electrons. The van der Waals surface area contributed by atoms with E-state index in [1.54, 1.807) is 18.3 Å². The number of nitrogens with two attached hydrogens (primary N) is 1. The number of carbonyl (C=O) groups is 1. The van der Waals surface area contributed by atoms with Crippen molar-refractivity contribution in [1.82, 2.24) is 19.5 Å². The van der Waals surface area contributed by atoms with Gasteiger partial charge in [-0.2, -0.15) is 4.98 Å². The molecule has 2 heterocycles. The van der Waals surface area contributed by atoms with Crippen molar-refractivity contribution in [3.8, 4) is 0 Å². The van der Waals surface area contributed by atoms with Crippen molar-refractivity contribution in [3.05, 3.63) is 33.4 Å². The molecule has 1 amide bonds. The predicted octanol–water partition coefficient (Wildman–Crippen LogP) is 5.71. The Kier molecular flexibility index (Phi) is 7.95. The number of imidazole rings is 1. The summed E-state index contributed by atoms with van der Waals surface area (Å²) in [5, 5.41) is 18.1. The molecule has 2 aliphatic carbocycles. The van der Waals surface area contributed by atoms with Crippen LogP contribution in [0.25, 0.3) is 11.2 Å². The molecule has 9 nitrogen and oxygen atoms in total. The molecule has 2 atom stereocenters. The minimum atomic E-state index is -0.305. The van der Waals surface area contributed by atoms with E-state index in [0.717, 1.165) is 38.5 Å². The van der Waals surface area contributed by atoms with Crippen LogP contribution in [0.3, 0.4) is 0 Å². The van der Waals surface area contributed by atoms with Crippen LogP contribution in [-0.2, 0) is 4.79 Å². The summed E-state index contributed by atoms with van der Waals surface area (Å²) in [5.74, 6) is 0.791. The minimum Gasteiger partial charge on any atom is -0.393 e. The summed E-state index contributed by atoms with van der Waals surface area (Å²) in [5.41, 5.74) is 7.33. The molecule has 0 radical (unpaired) electrons. The Morgan fingerprint density at radius 2 is 1.76 bits per heavy atom. The molecule has 37 heavy (non-hydrogen) atoms. The van der Waals surface area contributed by atoms with Crippen molar-refractivity contribution in [1.29, 1.82) is 0 Å². The van der Waals surface area contributed by atoms with Crippen molar-refractivity contribution in [2.45, 2.75) is 63.5 Å². The average Bonchev–Trinajstić information content (AvgIpc) is 3.23. The average molecular weight is 567 g/mol. The fourth-order valence-corrected chi connectivity index (χ4v) is 6.36. The molecule has 0 spiro atoms. The van der Waals surface area contributed by atoms with Gasteiger partial charge in [-0.05, 0) is 50.7 Å². The summed E-state index contributed by atoms with van der Waals surface area (Å²) in [6.45, 7) is 0.603. The zero-order chi connectivity index (χ0) is 26.1. The first kappa shape index (κ1) is 26.3. The van der Waals surface area contributed by atoms with Crippen molar-refractivity contribution in [2.24, 2.45) is 17.6 Å².